The summed E-state index contributed by atoms with van der Waals surface area (Å²) in [4.78, 5) is 23.4. The van der Waals surface area contributed by atoms with Crippen molar-refractivity contribution in [2.75, 3.05) is 36.9 Å². The van der Waals surface area contributed by atoms with E-state index in [2.05, 4.69) is 46.3 Å². The zero-order valence-electron chi connectivity index (χ0n) is 19.8. The molecular formula is C24H31N5O3S2. The summed E-state index contributed by atoms with van der Waals surface area (Å²) in [5.74, 6) is 2.95. The maximum Gasteiger partial charge on any atom is 0.325 e. The smallest absolute Gasteiger partial charge is 0.325 e. The Labute approximate surface area is 208 Å². The highest BCUT2D eigenvalue weighted by atomic mass is 32.2. The molecule has 3 heterocycles. The number of thioether (sulfide) groups is 1. The number of ether oxygens (including phenoxy) is 1. The Morgan fingerprint density at radius 3 is 2.62 bits per heavy atom. The zero-order valence-corrected chi connectivity index (χ0v) is 21.4. The van der Waals surface area contributed by atoms with E-state index in [1.807, 2.05) is 24.3 Å². The van der Waals surface area contributed by atoms with Gasteiger partial charge in [0.2, 0.25) is 5.89 Å². The van der Waals surface area contributed by atoms with Gasteiger partial charge in [-0.25, -0.2) is 14.8 Å². The summed E-state index contributed by atoms with van der Waals surface area (Å²) in [5, 5.41) is 6.14. The molecule has 3 aromatic rings. The molecule has 1 aliphatic heterocycles. The van der Waals surface area contributed by atoms with Gasteiger partial charge in [0, 0.05) is 17.6 Å². The van der Waals surface area contributed by atoms with Crippen molar-refractivity contribution in [1.82, 2.24) is 14.9 Å². The van der Waals surface area contributed by atoms with Gasteiger partial charge < -0.3 is 14.5 Å². The lowest BCUT2D eigenvalue weighted by Gasteiger charge is -2.15. The van der Waals surface area contributed by atoms with Crippen molar-refractivity contribution < 1.29 is 13.9 Å². The first-order valence-electron chi connectivity index (χ1n) is 11.4. The number of rotatable bonds is 9. The molecule has 0 saturated carbocycles. The maximum absolute atomic E-state index is 12.3. The third kappa shape index (κ3) is 7.22. The van der Waals surface area contributed by atoms with Gasteiger partial charge >= 0.3 is 6.03 Å². The highest BCUT2D eigenvalue weighted by Gasteiger charge is 2.19. The summed E-state index contributed by atoms with van der Waals surface area (Å²) >= 11 is 2.99. The largest absolute Gasteiger partial charge is 0.492 e. The lowest BCUT2D eigenvalue weighted by molar-refractivity contribution is 0.238. The minimum absolute atomic E-state index is 0.0640. The number of amides is 2. The number of aromatic nitrogens is 2. The van der Waals surface area contributed by atoms with Gasteiger partial charge in [-0.3, -0.25) is 10.2 Å². The maximum atomic E-state index is 12.3. The summed E-state index contributed by atoms with van der Waals surface area (Å²) in [5.41, 5.74) is 0.625. The molecule has 0 radical (unpaired) electrons. The van der Waals surface area contributed by atoms with E-state index in [-0.39, 0.29) is 11.4 Å². The molecule has 2 aromatic heterocycles. The van der Waals surface area contributed by atoms with Crippen LogP contribution in [0, 0.1) is 0 Å². The monoisotopic (exact) mass is 501 g/mol. The van der Waals surface area contributed by atoms with Crippen molar-refractivity contribution in [2.24, 2.45) is 0 Å². The Kier molecular flexibility index (Phi) is 8.12. The first-order chi connectivity index (χ1) is 16.3. The van der Waals surface area contributed by atoms with E-state index in [1.165, 1.54) is 37.3 Å². The summed E-state index contributed by atoms with van der Waals surface area (Å²) in [7, 11) is 0. The molecule has 0 aliphatic carbocycles. The van der Waals surface area contributed by atoms with Gasteiger partial charge in [-0.2, -0.15) is 0 Å². The van der Waals surface area contributed by atoms with E-state index in [1.54, 1.807) is 24.2 Å². The van der Waals surface area contributed by atoms with E-state index in [0.717, 1.165) is 22.3 Å². The van der Waals surface area contributed by atoms with Crippen molar-refractivity contribution >= 4 is 39.9 Å². The summed E-state index contributed by atoms with van der Waals surface area (Å²) in [6, 6.07) is 7.06. The molecule has 2 amide bonds. The minimum Gasteiger partial charge on any atom is -0.492 e. The first-order valence-corrected chi connectivity index (χ1v) is 13.2. The van der Waals surface area contributed by atoms with Crippen LogP contribution in [0.5, 0.6) is 5.75 Å². The number of thiazole rings is 1. The number of hydrogen-bond acceptors (Lipinski definition) is 8. The molecule has 0 bridgehead atoms. The van der Waals surface area contributed by atoms with Crippen molar-refractivity contribution in [2.45, 2.75) is 49.0 Å². The van der Waals surface area contributed by atoms with E-state index in [0.29, 0.717) is 29.1 Å². The highest BCUT2D eigenvalue weighted by molar-refractivity contribution is 8.00. The lowest BCUT2D eigenvalue weighted by Crippen LogP contribution is -2.25. The first kappa shape index (κ1) is 24.6. The van der Waals surface area contributed by atoms with Crippen LogP contribution in [-0.2, 0) is 11.2 Å². The second-order valence-electron chi connectivity index (χ2n) is 9.14. The number of benzene rings is 1. The topological polar surface area (TPSA) is 92.5 Å². The lowest BCUT2D eigenvalue weighted by atomic mass is 9.94. The molecule has 0 unspecified atom stereocenters. The second kappa shape index (κ2) is 11.2. The van der Waals surface area contributed by atoms with Crippen LogP contribution < -0.4 is 15.4 Å². The summed E-state index contributed by atoms with van der Waals surface area (Å²) in [6.07, 6.45) is 6.09. The Bertz CT molecular complexity index is 1070. The Morgan fingerprint density at radius 1 is 1.15 bits per heavy atom. The van der Waals surface area contributed by atoms with Crippen LogP contribution in [-0.4, -0.2) is 47.1 Å². The van der Waals surface area contributed by atoms with Crippen LogP contribution >= 0.6 is 23.1 Å². The van der Waals surface area contributed by atoms with Gasteiger partial charge in [-0.05, 0) is 50.2 Å². The fraction of sp³-hybridized carbons (Fsp3) is 0.458. The molecule has 0 atom stereocenters. The van der Waals surface area contributed by atoms with Crippen LogP contribution in [0.4, 0.5) is 15.6 Å². The number of likely N-dealkylation sites (tertiary alicyclic amines) is 1. The van der Waals surface area contributed by atoms with E-state index in [9.17, 15) is 4.79 Å². The average Bonchev–Trinajstić information content (AvgIpc) is 3.55. The number of carbonyl (C=O) groups is 1. The molecule has 182 valence electrons. The number of nitrogens with one attached hydrogen (secondary N) is 2. The molecule has 34 heavy (non-hydrogen) atoms. The molecule has 1 aliphatic rings. The molecule has 10 heteroatoms. The predicted octanol–water partition coefficient (Wildman–Crippen LogP) is 5.84. The Morgan fingerprint density at radius 2 is 1.91 bits per heavy atom. The van der Waals surface area contributed by atoms with E-state index < -0.39 is 0 Å². The molecule has 1 aromatic carbocycles. The quantitative estimate of drug-likeness (QED) is 0.356. The Balaban J connectivity index is 1.19. The molecular weight excluding hydrogens is 470 g/mol. The van der Waals surface area contributed by atoms with Crippen LogP contribution in [0.2, 0.25) is 0 Å². The van der Waals surface area contributed by atoms with Gasteiger partial charge in [-0.1, -0.05) is 32.1 Å². The third-order valence-corrected chi connectivity index (χ3v) is 7.41. The minimum atomic E-state index is -0.337. The van der Waals surface area contributed by atoms with Crippen molar-refractivity contribution in [1.29, 1.82) is 0 Å². The van der Waals surface area contributed by atoms with Crippen molar-refractivity contribution in [3.63, 3.8) is 0 Å². The Hall–Kier alpha value is -2.56. The fourth-order valence-electron chi connectivity index (χ4n) is 3.43. The molecule has 1 fully saturated rings. The van der Waals surface area contributed by atoms with Gasteiger partial charge in [-0.15, -0.1) is 11.8 Å². The normalized spacial score (nSPS) is 14.3. The summed E-state index contributed by atoms with van der Waals surface area (Å²) < 4.78 is 12.6. The third-order valence-electron chi connectivity index (χ3n) is 5.32. The average molecular weight is 502 g/mol. The predicted molar refractivity (Wildman–Crippen MR) is 137 cm³/mol. The second-order valence-corrected chi connectivity index (χ2v) is 11.4. The number of anilines is 2. The van der Waals surface area contributed by atoms with Gasteiger partial charge in [0.05, 0.1) is 22.4 Å². The van der Waals surface area contributed by atoms with Gasteiger partial charge in [0.25, 0.3) is 0 Å². The highest BCUT2D eigenvalue weighted by Crippen LogP contribution is 2.32. The van der Waals surface area contributed by atoms with Gasteiger partial charge in [0.15, 0.2) is 5.13 Å². The van der Waals surface area contributed by atoms with Crippen LogP contribution in [0.3, 0.4) is 0 Å². The van der Waals surface area contributed by atoms with Crippen molar-refractivity contribution in [3.05, 3.63) is 48.3 Å². The van der Waals surface area contributed by atoms with Crippen LogP contribution in [0.15, 0.2) is 45.3 Å². The van der Waals surface area contributed by atoms with E-state index in [4.69, 9.17) is 9.15 Å². The van der Waals surface area contributed by atoms with Crippen LogP contribution in [0.1, 0.15) is 45.3 Å². The van der Waals surface area contributed by atoms with Gasteiger partial charge in [0.1, 0.15) is 18.1 Å². The molecule has 4 rings (SSSR count). The zero-order chi connectivity index (χ0) is 24.0. The SMILES string of the molecule is CC(C)(C)c1cnc(CSc2cnc(NC(=O)Nc3ccc(OCCN4CCCC4)cc3)s2)o1. The molecule has 2 N–H and O–H groups in total. The molecule has 1 saturated heterocycles. The number of hydrogen-bond donors (Lipinski definition) is 2. The number of urea groups is 1. The number of nitrogens with zero attached hydrogens (tertiary/aromatic N) is 3. The van der Waals surface area contributed by atoms with E-state index >= 15 is 0 Å². The molecule has 8 nitrogen and oxygen atoms in total. The van der Waals surface area contributed by atoms with Crippen molar-refractivity contribution in [3.8, 4) is 5.75 Å². The number of oxazole rings is 1. The summed E-state index contributed by atoms with van der Waals surface area (Å²) in [6.45, 7) is 10.2. The van der Waals surface area contributed by atoms with Crippen LogP contribution in [0.25, 0.3) is 0 Å². The fourth-order valence-corrected chi connectivity index (χ4v) is 5.15. The number of carbonyl (C=O) groups excluding carboxylic acids is 1. The standard InChI is InChI=1S/C24H31N5O3S2/c1-24(2,3)19-14-25-20(32-19)16-33-21-15-26-23(34-21)28-22(30)27-17-6-8-18(9-7-17)31-13-12-29-10-4-5-11-29/h6-9,14-15H,4-5,10-13,16H2,1-3H3,(H2,26,27,28,30). The molecule has 0 spiro atoms.